The number of hydrogen-bond donors (Lipinski definition) is 0. The third-order valence-corrected chi connectivity index (χ3v) is 7.74. The van der Waals surface area contributed by atoms with E-state index < -0.39 is 22.9 Å². The zero-order chi connectivity index (χ0) is 26.0. The first-order chi connectivity index (χ1) is 17.9. The number of hydrogen-bond acceptors (Lipinski definition) is 9. The fourth-order valence-electron chi connectivity index (χ4n) is 6.62. The Balaban J connectivity index is 1.74. The molecule has 4 unspecified atom stereocenters. The second kappa shape index (κ2) is 9.99. The summed E-state index contributed by atoms with van der Waals surface area (Å²) in [6.07, 6.45) is 5.43. The molecule has 37 heavy (non-hydrogen) atoms. The van der Waals surface area contributed by atoms with Crippen LogP contribution in [0.4, 0.5) is 0 Å². The first-order valence-corrected chi connectivity index (χ1v) is 12.3. The van der Waals surface area contributed by atoms with Crippen molar-refractivity contribution in [1.29, 1.82) is 0 Å². The Morgan fingerprint density at radius 3 is 1.70 bits per heavy atom. The molecule has 192 valence electrons. The molecule has 2 aliphatic rings. The molecule has 0 saturated carbocycles. The zero-order valence-corrected chi connectivity index (χ0v) is 21.3. The Kier molecular flexibility index (Phi) is 6.74. The summed E-state index contributed by atoms with van der Waals surface area (Å²) < 4.78 is 10.9. The smallest absolute Gasteiger partial charge is 0.315 e. The van der Waals surface area contributed by atoms with Crippen molar-refractivity contribution in [2.45, 2.75) is 25.0 Å². The molecule has 0 radical (unpaired) electrons. The molecule has 5 heterocycles. The molecule has 0 aromatic carbocycles. The van der Waals surface area contributed by atoms with Gasteiger partial charge in [0.2, 0.25) is 0 Å². The fraction of sp³-hybridized carbons (Fsp3) is 0.393. The first-order valence-electron chi connectivity index (χ1n) is 12.3. The van der Waals surface area contributed by atoms with Crippen LogP contribution in [-0.4, -0.2) is 71.0 Å². The van der Waals surface area contributed by atoms with Crippen LogP contribution >= 0.6 is 0 Å². The number of pyridine rings is 3. The Labute approximate surface area is 216 Å². The number of carbonyl (C=O) groups is 2. The average Bonchev–Trinajstić information content (AvgIpc) is 2.93. The third-order valence-electron chi connectivity index (χ3n) is 7.74. The SMILES string of the molecule is COC(=O)C12CN(Cc3ccccn3)CC(C(=O)OC)(C1)C(c1ccccn1)N(C)C2c1ccccn1. The summed E-state index contributed by atoms with van der Waals surface area (Å²) in [7, 11) is 4.73. The van der Waals surface area contributed by atoms with Crippen molar-refractivity contribution in [3.05, 3.63) is 90.3 Å². The fourth-order valence-corrected chi connectivity index (χ4v) is 6.62. The molecule has 5 rings (SSSR count). The number of nitrogens with zero attached hydrogens (tertiary/aromatic N) is 5. The maximum absolute atomic E-state index is 13.8. The minimum absolute atomic E-state index is 0.241. The van der Waals surface area contributed by atoms with Gasteiger partial charge in [0.1, 0.15) is 10.8 Å². The van der Waals surface area contributed by atoms with Crippen molar-refractivity contribution in [1.82, 2.24) is 24.8 Å². The summed E-state index contributed by atoms with van der Waals surface area (Å²) >= 11 is 0. The van der Waals surface area contributed by atoms with Crippen molar-refractivity contribution in [2.75, 3.05) is 34.4 Å². The Morgan fingerprint density at radius 1 is 0.811 bits per heavy atom. The molecule has 4 atom stereocenters. The molecule has 9 heteroatoms. The molecule has 0 aliphatic carbocycles. The minimum atomic E-state index is -1.09. The van der Waals surface area contributed by atoms with E-state index in [-0.39, 0.29) is 18.4 Å². The number of carbonyl (C=O) groups excluding carboxylic acids is 2. The second-order valence-electron chi connectivity index (χ2n) is 9.92. The molecular weight excluding hydrogens is 470 g/mol. The van der Waals surface area contributed by atoms with Gasteiger partial charge in [0.15, 0.2) is 0 Å². The van der Waals surface area contributed by atoms with Gasteiger partial charge in [-0.2, -0.15) is 0 Å². The summed E-state index contributed by atoms with van der Waals surface area (Å²) in [5.41, 5.74) is 0.123. The molecule has 2 aliphatic heterocycles. The second-order valence-corrected chi connectivity index (χ2v) is 9.92. The van der Waals surface area contributed by atoms with Crippen molar-refractivity contribution >= 4 is 11.9 Å². The number of ether oxygens (including phenoxy) is 2. The van der Waals surface area contributed by atoms with Gasteiger partial charge in [-0.15, -0.1) is 0 Å². The van der Waals surface area contributed by atoms with E-state index in [4.69, 9.17) is 9.47 Å². The lowest BCUT2D eigenvalue weighted by Crippen LogP contribution is -2.69. The lowest BCUT2D eigenvalue weighted by molar-refractivity contribution is -0.207. The summed E-state index contributed by atoms with van der Waals surface area (Å²) in [4.78, 5) is 45.7. The van der Waals surface area contributed by atoms with Gasteiger partial charge in [-0.05, 0) is 49.9 Å². The van der Waals surface area contributed by atoms with E-state index in [0.29, 0.717) is 19.6 Å². The summed E-state index contributed by atoms with van der Waals surface area (Å²) in [6, 6.07) is 16.1. The number of aromatic nitrogens is 3. The van der Waals surface area contributed by atoms with Crippen molar-refractivity contribution in [3.8, 4) is 0 Å². The van der Waals surface area contributed by atoms with E-state index in [1.165, 1.54) is 14.2 Å². The highest BCUT2D eigenvalue weighted by atomic mass is 16.5. The third kappa shape index (κ3) is 4.18. The zero-order valence-electron chi connectivity index (χ0n) is 21.3. The molecular formula is C28H31N5O4. The summed E-state index contributed by atoms with van der Waals surface area (Å²) in [5.74, 6) is -0.762. The van der Waals surface area contributed by atoms with Gasteiger partial charge in [-0.25, -0.2) is 0 Å². The summed E-state index contributed by atoms with van der Waals surface area (Å²) in [5, 5.41) is 0. The molecule has 3 aromatic heterocycles. The highest BCUT2D eigenvalue weighted by Gasteiger charge is 2.69. The van der Waals surface area contributed by atoms with Crippen LogP contribution in [0.25, 0.3) is 0 Å². The quantitative estimate of drug-likeness (QED) is 0.472. The minimum Gasteiger partial charge on any atom is -0.468 e. The van der Waals surface area contributed by atoms with Gasteiger partial charge in [0.25, 0.3) is 0 Å². The maximum Gasteiger partial charge on any atom is 0.315 e. The van der Waals surface area contributed by atoms with Crippen LogP contribution in [0.2, 0.25) is 0 Å². The molecule has 2 bridgehead atoms. The Hall–Kier alpha value is -3.69. The van der Waals surface area contributed by atoms with E-state index in [0.717, 1.165) is 17.1 Å². The van der Waals surface area contributed by atoms with E-state index in [1.54, 1.807) is 18.6 Å². The van der Waals surface area contributed by atoms with Gasteiger partial charge < -0.3 is 9.47 Å². The molecule has 9 nitrogen and oxygen atoms in total. The molecule has 0 spiro atoms. The standard InChI is InChI=1S/C28H31N5O4/c1-32-23(21-11-5-8-14-30-21)27(25(34)36-2)17-28(26(35)37-3,24(32)22-12-6-9-15-31-22)19-33(18-27)16-20-10-4-7-13-29-20/h4-15,23-24H,16-19H2,1-3H3. The maximum atomic E-state index is 13.8. The predicted molar refractivity (Wildman–Crippen MR) is 135 cm³/mol. The Morgan fingerprint density at radius 2 is 1.30 bits per heavy atom. The van der Waals surface area contributed by atoms with E-state index in [9.17, 15) is 9.59 Å². The number of rotatable bonds is 6. The monoisotopic (exact) mass is 501 g/mol. The molecule has 2 fully saturated rings. The van der Waals surface area contributed by atoms with Gasteiger partial charge >= 0.3 is 11.9 Å². The number of methoxy groups -OCH3 is 2. The number of esters is 2. The largest absolute Gasteiger partial charge is 0.468 e. The normalized spacial score (nSPS) is 27.9. The van der Waals surface area contributed by atoms with Crippen LogP contribution in [0.1, 0.15) is 35.6 Å². The number of piperidine rings is 2. The van der Waals surface area contributed by atoms with E-state index in [1.807, 2.05) is 61.6 Å². The average molecular weight is 502 g/mol. The van der Waals surface area contributed by atoms with Gasteiger partial charge in [0, 0.05) is 38.2 Å². The van der Waals surface area contributed by atoms with Crippen LogP contribution in [0.3, 0.4) is 0 Å². The Bertz CT molecular complexity index is 1170. The first kappa shape index (κ1) is 25.0. The lowest BCUT2D eigenvalue weighted by atomic mass is 9.55. The van der Waals surface area contributed by atoms with E-state index in [2.05, 4.69) is 24.8 Å². The predicted octanol–water partition coefficient (Wildman–Crippen LogP) is 2.82. The van der Waals surface area contributed by atoms with Gasteiger partial charge in [0.05, 0.1) is 43.4 Å². The number of likely N-dealkylation sites (tertiary alicyclic amines) is 2. The van der Waals surface area contributed by atoms with Gasteiger partial charge in [-0.3, -0.25) is 34.3 Å². The van der Waals surface area contributed by atoms with E-state index >= 15 is 0 Å². The van der Waals surface area contributed by atoms with Crippen LogP contribution < -0.4 is 0 Å². The molecule has 0 N–H and O–H groups in total. The van der Waals surface area contributed by atoms with Crippen molar-refractivity contribution in [2.24, 2.45) is 10.8 Å². The molecule has 3 aromatic rings. The van der Waals surface area contributed by atoms with Crippen LogP contribution in [0, 0.1) is 10.8 Å². The van der Waals surface area contributed by atoms with Crippen molar-refractivity contribution < 1.29 is 19.1 Å². The summed E-state index contributed by atoms with van der Waals surface area (Å²) in [6.45, 7) is 1.21. The molecule has 2 saturated heterocycles. The van der Waals surface area contributed by atoms with Gasteiger partial charge in [-0.1, -0.05) is 18.2 Å². The van der Waals surface area contributed by atoms with Crippen LogP contribution in [0.15, 0.2) is 73.2 Å². The lowest BCUT2D eigenvalue weighted by Gasteiger charge is -2.62. The van der Waals surface area contributed by atoms with Crippen LogP contribution in [0.5, 0.6) is 0 Å². The number of fused-ring (bicyclic) bond motifs is 2. The highest BCUT2D eigenvalue weighted by molar-refractivity contribution is 5.84. The highest BCUT2D eigenvalue weighted by Crippen LogP contribution is 2.62. The van der Waals surface area contributed by atoms with Crippen molar-refractivity contribution in [3.63, 3.8) is 0 Å². The molecule has 0 amide bonds. The topological polar surface area (TPSA) is 97.8 Å². The van der Waals surface area contributed by atoms with Crippen LogP contribution in [-0.2, 0) is 25.6 Å².